The number of nitrogens with zero attached hydrogens (tertiary/aromatic N) is 2. The van der Waals surface area contributed by atoms with Crippen LogP contribution in [0.25, 0.3) is 0 Å². The van der Waals surface area contributed by atoms with Gasteiger partial charge in [-0.3, -0.25) is 9.48 Å². The highest BCUT2D eigenvalue weighted by molar-refractivity contribution is 6.42. The first kappa shape index (κ1) is 26.6. The van der Waals surface area contributed by atoms with Crippen LogP contribution in [0.1, 0.15) is 38.4 Å². The monoisotopic (exact) mass is 547 g/mol. The van der Waals surface area contributed by atoms with Gasteiger partial charge >= 0.3 is 6.18 Å². The van der Waals surface area contributed by atoms with Gasteiger partial charge in [0, 0.05) is 5.56 Å². The molecule has 0 saturated heterocycles. The first-order valence-electron chi connectivity index (χ1n) is 11.2. The van der Waals surface area contributed by atoms with E-state index in [9.17, 15) is 18.0 Å². The van der Waals surface area contributed by atoms with Gasteiger partial charge < -0.3 is 10.1 Å². The lowest BCUT2D eigenvalue weighted by molar-refractivity contribution is -0.137. The first-order chi connectivity index (χ1) is 17.5. The Kier molecular flexibility index (Phi) is 7.80. The zero-order valence-corrected chi connectivity index (χ0v) is 21.4. The highest BCUT2D eigenvalue weighted by Gasteiger charge is 2.30. The van der Waals surface area contributed by atoms with Crippen molar-refractivity contribution in [3.05, 3.63) is 110 Å². The van der Waals surface area contributed by atoms with Crippen LogP contribution in [0.2, 0.25) is 10.0 Å². The molecule has 0 unspecified atom stereocenters. The number of rotatable bonds is 7. The summed E-state index contributed by atoms with van der Waals surface area (Å²) in [5.41, 5.74) is 2.56. The van der Waals surface area contributed by atoms with E-state index in [1.54, 1.807) is 61.0 Å². The van der Waals surface area contributed by atoms with Crippen molar-refractivity contribution in [3.63, 3.8) is 0 Å². The average molecular weight is 548 g/mol. The number of benzene rings is 3. The van der Waals surface area contributed by atoms with Gasteiger partial charge in [0.25, 0.3) is 5.91 Å². The molecule has 0 atom stereocenters. The second-order valence-corrected chi connectivity index (χ2v) is 9.18. The molecule has 4 rings (SSSR count). The molecule has 0 radical (unpaired) electrons. The predicted octanol–water partition coefficient (Wildman–Crippen LogP) is 7.71. The number of hydrogen-bond acceptors (Lipinski definition) is 3. The maximum Gasteiger partial charge on any atom is 0.416 e. The lowest BCUT2D eigenvalue weighted by atomic mass is 10.1. The lowest BCUT2D eigenvalue weighted by Gasteiger charge is -2.11. The van der Waals surface area contributed by atoms with E-state index in [1.165, 1.54) is 6.07 Å². The van der Waals surface area contributed by atoms with Gasteiger partial charge in [0.2, 0.25) is 0 Å². The van der Waals surface area contributed by atoms with Crippen molar-refractivity contribution in [1.82, 2.24) is 9.78 Å². The second kappa shape index (κ2) is 10.9. The van der Waals surface area contributed by atoms with E-state index >= 15 is 0 Å². The van der Waals surface area contributed by atoms with Crippen molar-refractivity contribution in [2.24, 2.45) is 0 Å². The number of hydrogen-bond donors (Lipinski definition) is 1. The maximum absolute atomic E-state index is 13.1. The maximum atomic E-state index is 13.1. The summed E-state index contributed by atoms with van der Waals surface area (Å²) in [6, 6.07) is 17.1. The zero-order valence-electron chi connectivity index (χ0n) is 19.9. The molecular formula is C27H22Cl2F3N3O2. The van der Waals surface area contributed by atoms with Crippen LogP contribution >= 0.6 is 23.2 Å². The van der Waals surface area contributed by atoms with Gasteiger partial charge in [0.1, 0.15) is 17.4 Å². The first-order valence-corrected chi connectivity index (χ1v) is 12.0. The van der Waals surface area contributed by atoms with E-state index in [1.807, 2.05) is 6.07 Å². The summed E-state index contributed by atoms with van der Waals surface area (Å²) >= 11 is 12.2. The largest absolute Gasteiger partial charge is 0.487 e. The molecule has 5 nitrogen and oxygen atoms in total. The van der Waals surface area contributed by atoms with Gasteiger partial charge in [-0.25, -0.2) is 0 Å². The third kappa shape index (κ3) is 6.26. The molecule has 192 valence electrons. The predicted molar refractivity (Wildman–Crippen MR) is 137 cm³/mol. The van der Waals surface area contributed by atoms with Crippen LogP contribution in [0.3, 0.4) is 0 Å². The quantitative estimate of drug-likeness (QED) is 0.258. The molecule has 4 aromatic rings. The van der Waals surface area contributed by atoms with Crippen molar-refractivity contribution < 1.29 is 22.7 Å². The summed E-state index contributed by atoms with van der Waals surface area (Å²) in [5.74, 6) is 0.0795. The number of alkyl halides is 3. The molecule has 0 aliphatic rings. The summed E-state index contributed by atoms with van der Waals surface area (Å²) in [4.78, 5) is 13.0. The zero-order chi connectivity index (χ0) is 26.7. The molecule has 1 heterocycles. The van der Waals surface area contributed by atoms with Crippen molar-refractivity contribution >= 4 is 34.8 Å². The molecule has 0 aliphatic heterocycles. The van der Waals surface area contributed by atoms with Gasteiger partial charge in [-0.15, -0.1) is 0 Å². The highest BCUT2D eigenvalue weighted by Crippen LogP contribution is 2.32. The van der Waals surface area contributed by atoms with Crippen LogP contribution in [0.4, 0.5) is 18.9 Å². The van der Waals surface area contributed by atoms with E-state index in [4.69, 9.17) is 27.9 Å². The third-order valence-corrected chi connectivity index (χ3v) is 6.51. The minimum atomic E-state index is -4.43. The summed E-state index contributed by atoms with van der Waals surface area (Å²) in [5, 5.41) is 7.98. The Bertz CT molecular complexity index is 1450. The molecule has 0 bridgehead atoms. The number of nitrogens with one attached hydrogen (secondary N) is 1. The SMILES string of the molecule is Cc1nn(Cc2cccc(C(F)(F)F)c2)c(C)c1NC(=O)c1cccc(COc2cccc(Cl)c2Cl)c1. The molecule has 1 N–H and O–H groups in total. The fourth-order valence-corrected chi connectivity index (χ4v) is 4.14. The highest BCUT2D eigenvalue weighted by atomic mass is 35.5. The summed E-state index contributed by atoms with van der Waals surface area (Å²) in [6.45, 7) is 3.78. The normalized spacial score (nSPS) is 11.4. The minimum absolute atomic E-state index is 0.130. The van der Waals surface area contributed by atoms with Crippen LogP contribution in [-0.4, -0.2) is 15.7 Å². The molecule has 0 spiro atoms. The fraction of sp³-hybridized carbons (Fsp3) is 0.185. The van der Waals surface area contributed by atoms with Crippen LogP contribution in [0.15, 0.2) is 66.7 Å². The molecule has 10 heteroatoms. The Labute approximate surface area is 221 Å². The topological polar surface area (TPSA) is 56.2 Å². The van der Waals surface area contributed by atoms with Crippen molar-refractivity contribution in [1.29, 1.82) is 0 Å². The smallest absolute Gasteiger partial charge is 0.416 e. The van der Waals surface area contributed by atoms with Crippen LogP contribution < -0.4 is 10.1 Å². The number of amides is 1. The van der Waals surface area contributed by atoms with E-state index < -0.39 is 11.7 Å². The molecule has 0 fully saturated rings. The molecular weight excluding hydrogens is 526 g/mol. The third-order valence-electron chi connectivity index (χ3n) is 5.71. The molecule has 3 aromatic carbocycles. The van der Waals surface area contributed by atoms with Gasteiger partial charge in [-0.05, 0) is 61.4 Å². The number of carbonyl (C=O) groups excluding carboxylic acids is 1. The molecule has 0 saturated carbocycles. The van der Waals surface area contributed by atoms with E-state index in [0.29, 0.717) is 44.0 Å². The Balaban J connectivity index is 1.47. The number of anilines is 1. The minimum Gasteiger partial charge on any atom is -0.487 e. The van der Waals surface area contributed by atoms with Crippen molar-refractivity contribution in [2.75, 3.05) is 5.32 Å². The number of aromatic nitrogens is 2. The van der Waals surface area contributed by atoms with Crippen LogP contribution in [0.5, 0.6) is 5.75 Å². The lowest BCUT2D eigenvalue weighted by Crippen LogP contribution is -2.14. The average Bonchev–Trinajstić information content (AvgIpc) is 3.12. The Hall–Kier alpha value is -3.49. The number of carbonyl (C=O) groups is 1. The molecule has 1 aromatic heterocycles. The van der Waals surface area contributed by atoms with E-state index in [0.717, 1.165) is 17.7 Å². The number of ether oxygens (including phenoxy) is 1. The van der Waals surface area contributed by atoms with Crippen molar-refractivity contribution in [3.8, 4) is 5.75 Å². The molecule has 1 amide bonds. The molecule has 0 aliphatic carbocycles. The van der Waals surface area contributed by atoms with Crippen LogP contribution in [0, 0.1) is 13.8 Å². The number of aryl methyl sites for hydroxylation is 1. The Morgan fingerprint density at radius 1 is 1.00 bits per heavy atom. The van der Waals surface area contributed by atoms with Gasteiger partial charge in [0.15, 0.2) is 0 Å². The molecule has 37 heavy (non-hydrogen) atoms. The van der Waals surface area contributed by atoms with Crippen LogP contribution in [-0.2, 0) is 19.3 Å². The second-order valence-electron chi connectivity index (χ2n) is 8.40. The summed E-state index contributed by atoms with van der Waals surface area (Å²) in [7, 11) is 0. The van der Waals surface area contributed by atoms with E-state index in [2.05, 4.69) is 10.4 Å². The summed E-state index contributed by atoms with van der Waals surface area (Å²) in [6.07, 6.45) is -4.43. The number of halogens is 5. The van der Waals surface area contributed by atoms with Gasteiger partial charge in [-0.1, -0.05) is 53.5 Å². The standard InChI is InChI=1S/C27H22Cl2F3N3O2/c1-16-25(17(2)35(34-16)14-18-6-4-9-21(13-18)27(30,31)32)33-26(36)20-8-3-7-19(12-20)15-37-23-11-5-10-22(28)24(23)29/h3-13H,14-15H2,1-2H3,(H,33,36). The fourth-order valence-electron chi connectivity index (χ4n) is 3.80. The summed E-state index contributed by atoms with van der Waals surface area (Å²) < 4.78 is 46.5. The Morgan fingerprint density at radius 3 is 2.46 bits per heavy atom. The van der Waals surface area contributed by atoms with Gasteiger partial charge in [0.05, 0.1) is 34.2 Å². The van der Waals surface area contributed by atoms with Gasteiger partial charge in [-0.2, -0.15) is 18.3 Å². The van der Waals surface area contributed by atoms with Crippen molar-refractivity contribution in [2.45, 2.75) is 33.2 Å². The Morgan fingerprint density at radius 2 is 1.70 bits per heavy atom. The van der Waals surface area contributed by atoms with E-state index in [-0.39, 0.29) is 19.1 Å².